The van der Waals surface area contributed by atoms with Gasteiger partial charge in [-0.3, -0.25) is 9.59 Å². The first-order valence-corrected chi connectivity index (χ1v) is 17.4. The molecular formula is C35H57N5O4. The highest BCUT2D eigenvalue weighted by Gasteiger charge is 2.41. The lowest BCUT2D eigenvalue weighted by Gasteiger charge is -2.47. The average Bonchev–Trinajstić information content (AvgIpc) is 3.34. The lowest BCUT2D eigenvalue weighted by Crippen LogP contribution is -2.52. The number of nitrogens with zero attached hydrogens (tertiary/aromatic N) is 2. The number of benzene rings is 1. The van der Waals surface area contributed by atoms with Crippen molar-refractivity contribution in [2.24, 2.45) is 23.2 Å². The molecule has 1 saturated carbocycles. The molecule has 9 nitrogen and oxygen atoms in total. The number of piperidine rings is 2. The first-order chi connectivity index (χ1) is 21.3. The largest absolute Gasteiger partial charge is 0.486 e. The minimum absolute atomic E-state index is 0.0171. The van der Waals surface area contributed by atoms with Gasteiger partial charge in [-0.2, -0.15) is 0 Å². The summed E-state index contributed by atoms with van der Waals surface area (Å²) in [4.78, 5) is 31.5. The summed E-state index contributed by atoms with van der Waals surface area (Å²) in [5, 5.41) is 20.2. The molecule has 3 aliphatic heterocycles. The molecule has 1 aromatic carbocycles. The van der Waals surface area contributed by atoms with Crippen molar-refractivity contribution in [1.29, 1.82) is 0 Å². The molecule has 246 valence electrons. The third-order valence-electron chi connectivity index (χ3n) is 11.1. The van der Waals surface area contributed by atoms with E-state index >= 15 is 0 Å². The van der Waals surface area contributed by atoms with Crippen LogP contribution in [0.2, 0.25) is 0 Å². The Morgan fingerprint density at radius 2 is 1.77 bits per heavy atom. The topological polar surface area (TPSA) is 106 Å². The van der Waals surface area contributed by atoms with Gasteiger partial charge in [-0.15, -0.1) is 0 Å². The average molecular weight is 612 g/mol. The number of amides is 2. The molecule has 2 saturated heterocycles. The molecule has 44 heavy (non-hydrogen) atoms. The number of hydrogen-bond acceptors (Lipinski definition) is 7. The smallest absolute Gasteiger partial charge is 0.258 e. The number of anilines is 1. The number of hydrogen-bond donors (Lipinski definition) is 4. The van der Waals surface area contributed by atoms with Gasteiger partial charge in [-0.05, 0) is 102 Å². The highest BCUT2D eigenvalue weighted by atomic mass is 16.5. The van der Waals surface area contributed by atoms with Crippen LogP contribution in [0.5, 0.6) is 5.75 Å². The minimum atomic E-state index is -0.324. The van der Waals surface area contributed by atoms with E-state index in [1.54, 1.807) is 11.0 Å². The van der Waals surface area contributed by atoms with Gasteiger partial charge in [0.1, 0.15) is 6.10 Å². The molecule has 0 spiro atoms. The number of para-hydroxylation sites is 1. The van der Waals surface area contributed by atoms with Crippen molar-refractivity contribution in [1.82, 2.24) is 20.4 Å². The Bertz CT molecular complexity index is 1090. The highest BCUT2D eigenvalue weighted by molar-refractivity contribution is 6.02. The number of ether oxygens (including phenoxy) is 1. The number of rotatable bonds is 9. The van der Waals surface area contributed by atoms with Crippen LogP contribution in [0.3, 0.4) is 0 Å². The Morgan fingerprint density at radius 1 is 1.09 bits per heavy atom. The summed E-state index contributed by atoms with van der Waals surface area (Å²) in [5.74, 6) is 1.00. The summed E-state index contributed by atoms with van der Waals surface area (Å²) in [6.07, 6.45) is 12.0. The van der Waals surface area contributed by atoms with E-state index in [2.05, 4.69) is 34.8 Å². The van der Waals surface area contributed by atoms with Crippen LogP contribution in [-0.4, -0.2) is 98.3 Å². The summed E-state index contributed by atoms with van der Waals surface area (Å²) < 4.78 is 6.87. The molecule has 3 atom stereocenters. The zero-order valence-corrected chi connectivity index (χ0v) is 27.4. The second kappa shape index (κ2) is 15.4. The van der Waals surface area contributed by atoms with Crippen LogP contribution in [0.15, 0.2) is 18.2 Å². The summed E-state index contributed by atoms with van der Waals surface area (Å²) in [6, 6.07) is 5.14. The number of aliphatic hydroxyl groups is 1. The summed E-state index contributed by atoms with van der Waals surface area (Å²) in [7, 11) is 2.24. The molecule has 3 fully saturated rings. The van der Waals surface area contributed by atoms with E-state index in [0.29, 0.717) is 29.0 Å². The first-order valence-electron chi connectivity index (χ1n) is 17.4. The van der Waals surface area contributed by atoms with Crippen molar-refractivity contribution in [2.75, 3.05) is 64.8 Å². The van der Waals surface area contributed by atoms with Gasteiger partial charge in [0.2, 0.25) is 5.91 Å². The number of nitrogens with one attached hydrogen (secondary N) is 3. The maximum atomic E-state index is 13.9. The maximum Gasteiger partial charge on any atom is 0.258 e. The number of aliphatic hydroxyl groups excluding tert-OH is 1. The molecule has 1 aromatic rings. The molecular weight excluding hydrogens is 554 g/mol. The fourth-order valence-corrected chi connectivity index (χ4v) is 8.30. The van der Waals surface area contributed by atoms with Crippen LogP contribution >= 0.6 is 0 Å². The van der Waals surface area contributed by atoms with Gasteiger partial charge in [0.25, 0.3) is 5.91 Å². The lowest BCUT2D eigenvalue weighted by molar-refractivity contribution is -0.120. The number of likely N-dealkylation sites (N-methyl/N-ethyl adjacent to an activating group) is 1. The van der Waals surface area contributed by atoms with E-state index in [-0.39, 0.29) is 42.4 Å². The quantitative estimate of drug-likeness (QED) is 0.312. The third kappa shape index (κ3) is 7.77. The fraction of sp³-hybridized carbons (Fsp3) is 0.771. The van der Waals surface area contributed by atoms with Crippen LogP contribution in [-0.2, 0) is 4.79 Å². The molecule has 0 bridgehead atoms. The number of carbonyl (C=O) groups excluding carboxylic acids is 2. The number of fused-ring (bicyclic) bond motifs is 1. The van der Waals surface area contributed by atoms with Gasteiger partial charge in [0.05, 0.1) is 23.9 Å². The SMILES string of the molecule is CC1CN(C(C)CO)C(=O)c2cccc(NC(=O)C3CCNCC3)c2OC1CN(C)CC1(C2CCCCCC2)CCNCC1. The molecule has 1 aliphatic carbocycles. The predicted molar refractivity (Wildman–Crippen MR) is 175 cm³/mol. The van der Waals surface area contributed by atoms with Crippen molar-refractivity contribution in [2.45, 2.75) is 90.2 Å². The second-order valence-corrected chi connectivity index (χ2v) is 14.3. The van der Waals surface area contributed by atoms with Crippen molar-refractivity contribution in [3.8, 4) is 5.75 Å². The minimum Gasteiger partial charge on any atom is -0.486 e. The monoisotopic (exact) mass is 611 g/mol. The summed E-state index contributed by atoms with van der Waals surface area (Å²) in [6.45, 7) is 10.0. The molecule has 4 aliphatic rings. The molecule has 3 unspecified atom stereocenters. The third-order valence-corrected chi connectivity index (χ3v) is 11.1. The van der Waals surface area contributed by atoms with E-state index in [1.807, 2.05) is 19.1 Å². The second-order valence-electron chi connectivity index (χ2n) is 14.3. The standard InChI is InChI=1S/C35H57N5O4/c1-25-21-40(26(2)23-41)34(43)29-11-8-12-30(38-33(42)27-13-17-36-18-14-27)32(29)44-31(25)22-39(3)24-35(15-19-37-20-16-35)28-9-6-4-5-7-10-28/h8,11-12,25-28,31,36-37,41H,4-7,9-10,13-24H2,1-3H3,(H,38,42). The van der Waals surface area contributed by atoms with Gasteiger partial charge in [-0.25, -0.2) is 0 Å². The van der Waals surface area contributed by atoms with E-state index < -0.39 is 0 Å². The van der Waals surface area contributed by atoms with Crippen LogP contribution in [0, 0.1) is 23.2 Å². The highest BCUT2D eigenvalue weighted by Crippen LogP contribution is 2.45. The van der Waals surface area contributed by atoms with Crippen molar-refractivity contribution < 1.29 is 19.4 Å². The Labute approximate surface area is 264 Å². The molecule has 9 heteroatoms. The fourth-order valence-electron chi connectivity index (χ4n) is 8.30. The van der Waals surface area contributed by atoms with Gasteiger partial charge in [-0.1, -0.05) is 38.7 Å². The van der Waals surface area contributed by atoms with E-state index in [1.165, 1.54) is 51.4 Å². The summed E-state index contributed by atoms with van der Waals surface area (Å²) in [5.41, 5.74) is 1.32. The van der Waals surface area contributed by atoms with Crippen molar-refractivity contribution in [3.05, 3.63) is 23.8 Å². The van der Waals surface area contributed by atoms with Crippen LogP contribution in [0.4, 0.5) is 5.69 Å². The molecule has 0 radical (unpaired) electrons. The molecule has 2 amide bonds. The van der Waals surface area contributed by atoms with Crippen LogP contribution in [0.25, 0.3) is 0 Å². The maximum absolute atomic E-state index is 13.9. The first kappa shape index (κ1) is 33.2. The summed E-state index contributed by atoms with van der Waals surface area (Å²) >= 11 is 0. The molecule has 3 heterocycles. The normalized spacial score (nSPS) is 26.2. The van der Waals surface area contributed by atoms with Gasteiger partial charge >= 0.3 is 0 Å². The number of carbonyl (C=O) groups is 2. The molecule has 0 aromatic heterocycles. The Balaban J connectivity index is 1.41. The Hall–Kier alpha value is -2.20. The van der Waals surface area contributed by atoms with Crippen LogP contribution < -0.4 is 20.7 Å². The van der Waals surface area contributed by atoms with Crippen molar-refractivity contribution in [3.63, 3.8) is 0 Å². The van der Waals surface area contributed by atoms with Gasteiger partial charge in [0.15, 0.2) is 5.75 Å². The van der Waals surface area contributed by atoms with E-state index in [9.17, 15) is 14.7 Å². The Kier molecular flexibility index (Phi) is 11.6. The van der Waals surface area contributed by atoms with Crippen molar-refractivity contribution >= 4 is 17.5 Å². The van der Waals surface area contributed by atoms with E-state index in [0.717, 1.165) is 58.0 Å². The van der Waals surface area contributed by atoms with Crippen LogP contribution in [0.1, 0.15) is 88.4 Å². The molecule has 5 rings (SSSR count). The predicted octanol–water partition coefficient (Wildman–Crippen LogP) is 4.12. The zero-order valence-electron chi connectivity index (χ0n) is 27.4. The van der Waals surface area contributed by atoms with E-state index in [4.69, 9.17) is 4.74 Å². The zero-order chi connectivity index (χ0) is 31.1. The van der Waals surface area contributed by atoms with Gasteiger partial charge < -0.3 is 35.6 Å². The molecule has 4 N–H and O–H groups in total. The Morgan fingerprint density at radius 3 is 2.45 bits per heavy atom. The lowest BCUT2D eigenvalue weighted by atomic mass is 9.66. The van der Waals surface area contributed by atoms with Gasteiger partial charge in [0, 0.05) is 31.5 Å².